The molecule has 2 aromatic carbocycles. The molecule has 20 heavy (non-hydrogen) atoms. The van der Waals surface area contributed by atoms with Gasteiger partial charge in [0.2, 0.25) is 0 Å². The Labute approximate surface area is 120 Å². The summed E-state index contributed by atoms with van der Waals surface area (Å²) in [5.74, 6) is 0.715. The van der Waals surface area contributed by atoms with Crippen LogP contribution in [0.1, 0.15) is 29.7 Å². The van der Waals surface area contributed by atoms with E-state index in [0.717, 1.165) is 5.56 Å². The van der Waals surface area contributed by atoms with Gasteiger partial charge in [0.05, 0.1) is 7.11 Å². The molecule has 0 amide bonds. The van der Waals surface area contributed by atoms with Crippen molar-refractivity contribution in [1.82, 2.24) is 5.32 Å². The topological polar surface area (TPSA) is 41.5 Å². The van der Waals surface area contributed by atoms with Crippen LogP contribution in [0.15, 0.2) is 42.5 Å². The first-order chi connectivity index (χ1) is 9.63. The predicted octanol–water partition coefficient (Wildman–Crippen LogP) is 3.56. The lowest BCUT2D eigenvalue weighted by atomic mass is 10.0. The number of phenols is 1. The monoisotopic (exact) mass is 271 g/mol. The quantitative estimate of drug-likeness (QED) is 0.873. The minimum atomic E-state index is 0.208. The van der Waals surface area contributed by atoms with Crippen molar-refractivity contribution in [3.05, 3.63) is 59.2 Å². The predicted molar refractivity (Wildman–Crippen MR) is 81.1 cm³/mol. The summed E-state index contributed by atoms with van der Waals surface area (Å²) in [6, 6.07) is 14.1. The molecule has 1 unspecified atom stereocenters. The van der Waals surface area contributed by atoms with Crippen molar-refractivity contribution in [2.24, 2.45) is 0 Å². The SMILES string of the molecule is COc1cccc(CNC(C)c2ccccc2C)c1O. The minimum Gasteiger partial charge on any atom is -0.504 e. The molecule has 0 radical (unpaired) electrons. The lowest BCUT2D eigenvalue weighted by Gasteiger charge is -2.17. The summed E-state index contributed by atoms with van der Waals surface area (Å²) in [7, 11) is 1.56. The molecule has 0 saturated heterocycles. The van der Waals surface area contributed by atoms with E-state index in [1.165, 1.54) is 11.1 Å². The molecule has 0 fully saturated rings. The van der Waals surface area contributed by atoms with Crippen LogP contribution in [0.4, 0.5) is 0 Å². The normalized spacial score (nSPS) is 12.2. The maximum atomic E-state index is 10.1. The number of benzene rings is 2. The zero-order valence-corrected chi connectivity index (χ0v) is 12.2. The zero-order valence-electron chi connectivity index (χ0n) is 12.2. The summed E-state index contributed by atoms with van der Waals surface area (Å²) in [5.41, 5.74) is 3.38. The Balaban J connectivity index is 2.08. The molecule has 0 bridgehead atoms. The molecule has 2 rings (SSSR count). The van der Waals surface area contributed by atoms with E-state index in [2.05, 4.69) is 31.3 Å². The van der Waals surface area contributed by atoms with Gasteiger partial charge in [-0.25, -0.2) is 0 Å². The fourth-order valence-electron chi connectivity index (χ4n) is 2.32. The number of methoxy groups -OCH3 is 1. The van der Waals surface area contributed by atoms with E-state index in [1.54, 1.807) is 13.2 Å². The van der Waals surface area contributed by atoms with E-state index < -0.39 is 0 Å². The van der Waals surface area contributed by atoms with E-state index in [1.807, 2.05) is 24.3 Å². The lowest BCUT2D eigenvalue weighted by Crippen LogP contribution is -2.19. The van der Waals surface area contributed by atoms with Crippen molar-refractivity contribution < 1.29 is 9.84 Å². The van der Waals surface area contributed by atoms with E-state index in [0.29, 0.717) is 12.3 Å². The number of rotatable bonds is 5. The number of para-hydroxylation sites is 1. The van der Waals surface area contributed by atoms with E-state index >= 15 is 0 Å². The van der Waals surface area contributed by atoms with E-state index in [4.69, 9.17) is 4.74 Å². The van der Waals surface area contributed by atoms with Gasteiger partial charge in [-0.15, -0.1) is 0 Å². The van der Waals surface area contributed by atoms with Gasteiger partial charge in [0, 0.05) is 18.2 Å². The van der Waals surface area contributed by atoms with Crippen molar-refractivity contribution in [2.45, 2.75) is 26.4 Å². The van der Waals surface area contributed by atoms with Crippen LogP contribution in [-0.4, -0.2) is 12.2 Å². The van der Waals surface area contributed by atoms with Gasteiger partial charge in [0.1, 0.15) is 0 Å². The van der Waals surface area contributed by atoms with E-state index in [-0.39, 0.29) is 11.8 Å². The average Bonchev–Trinajstić information content (AvgIpc) is 2.46. The number of nitrogens with one attached hydrogen (secondary N) is 1. The maximum absolute atomic E-state index is 10.1. The Morgan fingerprint density at radius 3 is 2.60 bits per heavy atom. The molecule has 0 aliphatic rings. The van der Waals surface area contributed by atoms with Gasteiger partial charge in [0.15, 0.2) is 11.5 Å². The third kappa shape index (κ3) is 3.11. The number of ether oxygens (including phenoxy) is 1. The second-order valence-corrected chi connectivity index (χ2v) is 4.93. The number of hydrogen-bond acceptors (Lipinski definition) is 3. The summed E-state index contributed by atoms with van der Waals surface area (Å²) in [6.45, 7) is 4.83. The van der Waals surface area contributed by atoms with Crippen molar-refractivity contribution in [3.63, 3.8) is 0 Å². The molecule has 0 aromatic heterocycles. The lowest BCUT2D eigenvalue weighted by molar-refractivity contribution is 0.369. The molecule has 1 atom stereocenters. The number of aryl methyl sites for hydroxylation is 1. The Kier molecular flexibility index (Phi) is 4.64. The van der Waals surface area contributed by atoms with Crippen molar-refractivity contribution in [1.29, 1.82) is 0 Å². The Morgan fingerprint density at radius 2 is 1.90 bits per heavy atom. The Bertz CT molecular complexity index is 581. The summed E-state index contributed by atoms with van der Waals surface area (Å²) in [4.78, 5) is 0. The highest BCUT2D eigenvalue weighted by Crippen LogP contribution is 2.29. The Morgan fingerprint density at radius 1 is 1.15 bits per heavy atom. The zero-order chi connectivity index (χ0) is 14.5. The van der Waals surface area contributed by atoms with Gasteiger partial charge in [0.25, 0.3) is 0 Å². The molecule has 0 spiro atoms. The fraction of sp³-hybridized carbons (Fsp3) is 0.294. The third-order valence-corrected chi connectivity index (χ3v) is 3.56. The molecule has 106 valence electrons. The number of hydrogen-bond donors (Lipinski definition) is 2. The molecule has 3 heteroatoms. The van der Waals surface area contributed by atoms with Crippen LogP contribution in [0, 0.1) is 6.92 Å². The van der Waals surface area contributed by atoms with Crippen LogP contribution < -0.4 is 10.1 Å². The summed E-state index contributed by atoms with van der Waals surface area (Å²) in [6.07, 6.45) is 0. The van der Waals surface area contributed by atoms with Crippen molar-refractivity contribution in [2.75, 3.05) is 7.11 Å². The largest absolute Gasteiger partial charge is 0.504 e. The molecule has 0 aliphatic heterocycles. The van der Waals surface area contributed by atoms with Gasteiger partial charge in [-0.05, 0) is 31.0 Å². The molecular formula is C17H21NO2. The first-order valence-electron chi connectivity index (χ1n) is 6.77. The third-order valence-electron chi connectivity index (χ3n) is 3.56. The number of phenolic OH excluding ortho intramolecular Hbond substituents is 1. The molecule has 0 heterocycles. The second kappa shape index (κ2) is 6.44. The molecule has 0 saturated carbocycles. The van der Waals surface area contributed by atoms with Crippen LogP contribution in [-0.2, 0) is 6.54 Å². The highest BCUT2D eigenvalue weighted by molar-refractivity contribution is 5.45. The summed E-state index contributed by atoms with van der Waals surface area (Å²) < 4.78 is 5.12. The molecule has 3 nitrogen and oxygen atoms in total. The summed E-state index contributed by atoms with van der Waals surface area (Å²) in [5, 5.41) is 13.5. The first kappa shape index (κ1) is 14.4. The average molecular weight is 271 g/mol. The maximum Gasteiger partial charge on any atom is 0.162 e. The smallest absolute Gasteiger partial charge is 0.162 e. The molecule has 2 aromatic rings. The van der Waals surface area contributed by atoms with Crippen LogP contribution in [0.5, 0.6) is 11.5 Å². The van der Waals surface area contributed by atoms with Crippen molar-refractivity contribution in [3.8, 4) is 11.5 Å². The molecule has 2 N–H and O–H groups in total. The van der Waals surface area contributed by atoms with Crippen LogP contribution >= 0.6 is 0 Å². The van der Waals surface area contributed by atoms with Crippen LogP contribution in [0.2, 0.25) is 0 Å². The number of aromatic hydroxyl groups is 1. The Hall–Kier alpha value is -2.00. The van der Waals surface area contributed by atoms with Gasteiger partial charge >= 0.3 is 0 Å². The highest BCUT2D eigenvalue weighted by Gasteiger charge is 2.10. The standard InChI is InChI=1S/C17H21NO2/c1-12-7-4-5-9-15(12)13(2)18-11-14-8-6-10-16(20-3)17(14)19/h4-10,13,18-19H,11H2,1-3H3. The van der Waals surface area contributed by atoms with Crippen LogP contribution in [0.3, 0.4) is 0 Å². The van der Waals surface area contributed by atoms with Gasteiger partial charge in [-0.3, -0.25) is 0 Å². The molecular weight excluding hydrogens is 250 g/mol. The van der Waals surface area contributed by atoms with Crippen LogP contribution in [0.25, 0.3) is 0 Å². The first-order valence-corrected chi connectivity index (χ1v) is 6.77. The highest BCUT2D eigenvalue weighted by atomic mass is 16.5. The van der Waals surface area contributed by atoms with Gasteiger partial charge in [-0.1, -0.05) is 36.4 Å². The second-order valence-electron chi connectivity index (χ2n) is 4.93. The van der Waals surface area contributed by atoms with Gasteiger partial charge in [-0.2, -0.15) is 0 Å². The van der Waals surface area contributed by atoms with E-state index in [9.17, 15) is 5.11 Å². The molecule has 0 aliphatic carbocycles. The summed E-state index contributed by atoms with van der Waals surface area (Å²) >= 11 is 0. The fourth-order valence-corrected chi connectivity index (χ4v) is 2.32. The van der Waals surface area contributed by atoms with Crippen molar-refractivity contribution >= 4 is 0 Å². The van der Waals surface area contributed by atoms with Gasteiger partial charge < -0.3 is 15.2 Å². The minimum absolute atomic E-state index is 0.208.